The van der Waals surface area contributed by atoms with E-state index < -0.39 is 0 Å². The molecule has 1 aliphatic rings. The lowest BCUT2D eigenvalue weighted by molar-refractivity contribution is 0.415. The SMILES string of the molecule is CN=C(NCCc1ncc(C)s1)NC1CCN(c2ccccc2OC)C1. The fourth-order valence-electron chi connectivity index (χ4n) is 3.18. The lowest BCUT2D eigenvalue weighted by atomic mass is 10.2. The summed E-state index contributed by atoms with van der Waals surface area (Å²) in [6, 6.07) is 8.55. The first-order valence-electron chi connectivity index (χ1n) is 8.96. The van der Waals surface area contributed by atoms with Gasteiger partial charge in [0.1, 0.15) is 5.75 Å². The quantitative estimate of drug-likeness (QED) is 0.602. The summed E-state index contributed by atoms with van der Waals surface area (Å²) in [4.78, 5) is 12.4. The maximum Gasteiger partial charge on any atom is 0.191 e. The van der Waals surface area contributed by atoms with Crippen LogP contribution in [0.4, 0.5) is 5.69 Å². The van der Waals surface area contributed by atoms with Crippen LogP contribution >= 0.6 is 11.3 Å². The number of methoxy groups -OCH3 is 1. The molecule has 2 heterocycles. The molecule has 140 valence electrons. The van der Waals surface area contributed by atoms with E-state index in [-0.39, 0.29) is 0 Å². The van der Waals surface area contributed by atoms with E-state index in [1.807, 2.05) is 25.4 Å². The fourth-order valence-corrected chi connectivity index (χ4v) is 3.97. The minimum Gasteiger partial charge on any atom is -0.495 e. The van der Waals surface area contributed by atoms with Crippen molar-refractivity contribution in [3.8, 4) is 5.75 Å². The number of hydrogen-bond donors (Lipinski definition) is 2. The second-order valence-corrected chi connectivity index (χ2v) is 7.68. The summed E-state index contributed by atoms with van der Waals surface area (Å²) in [6.45, 7) is 4.86. The van der Waals surface area contributed by atoms with Crippen LogP contribution in [0.5, 0.6) is 5.75 Å². The van der Waals surface area contributed by atoms with Gasteiger partial charge in [-0.15, -0.1) is 11.3 Å². The van der Waals surface area contributed by atoms with Gasteiger partial charge in [-0.3, -0.25) is 4.99 Å². The summed E-state index contributed by atoms with van der Waals surface area (Å²) in [6.07, 6.45) is 3.92. The molecule has 26 heavy (non-hydrogen) atoms. The number of anilines is 1. The minimum atomic E-state index is 0.369. The molecule has 1 aromatic carbocycles. The van der Waals surface area contributed by atoms with Crippen molar-refractivity contribution in [2.45, 2.75) is 25.8 Å². The molecule has 3 rings (SSSR count). The van der Waals surface area contributed by atoms with Crippen LogP contribution in [-0.2, 0) is 6.42 Å². The molecule has 0 radical (unpaired) electrons. The second-order valence-electron chi connectivity index (χ2n) is 6.36. The molecule has 0 bridgehead atoms. The molecule has 6 nitrogen and oxygen atoms in total. The Kier molecular flexibility index (Phi) is 6.33. The van der Waals surface area contributed by atoms with Gasteiger partial charge in [-0.05, 0) is 25.5 Å². The van der Waals surface area contributed by atoms with Gasteiger partial charge in [-0.2, -0.15) is 0 Å². The average molecular weight is 374 g/mol. The Morgan fingerprint density at radius 1 is 1.42 bits per heavy atom. The molecular formula is C19H27N5OS. The van der Waals surface area contributed by atoms with Gasteiger partial charge < -0.3 is 20.3 Å². The van der Waals surface area contributed by atoms with E-state index in [0.717, 1.165) is 54.9 Å². The highest BCUT2D eigenvalue weighted by Crippen LogP contribution is 2.30. The summed E-state index contributed by atoms with van der Waals surface area (Å²) in [5, 5.41) is 8.09. The van der Waals surface area contributed by atoms with Crippen molar-refractivity contribution in [1.82, 2.24) is 15.6 Å². The summed E-state index contributed by atoms with van der Waals surface area (Å²) in [5.41, 5.74) is 1.15. The molecule has 0 amide bonds. The molecule has 1 aliphatic heterocycles. The van der Waals surface area contributed by atoms with Gasteiger partial charge in [0.15, 0.2) is 5.96 Å². The third-order valence-corrected chi connectivity index (χ3v) is 5.45. The van der Waals surface area contributed by atoms with E-state index in [1.54, 1.807) is 18.4 Å². The number of aromatic nitrogens is 1. The molecule has 1 unspecified atom stereocenters. The highest BCUT2D eigenvalue weighted by Gasteiger charge is 2.25. The number of thiazole rings is 1. The number of rotatable bonds is 6. The molecule has 2 N–H and O–H groups in total. The number of hydrogen-bond acceptors (Lipinski definition) is 5. The third-order valence-electron chi connectivity index (χ3n) is 4.48. The zero-order chi connectivity index (χ0) is 18.4. The standard InChI is InChI=1S/C19H27N5OS/c1-14-12-22-18(26-14)8-10-21-19(20-2)23-15-9-11-24(13-15)16-6-4-5-7-17(16)25-3/h4-7,12,15H,8-11,13H2,1-3H3,(H2,20,21,23). The van der Waals surface area contributed by atoms with E-state index >= 15 is 0 Å². The van der Waals surface area contributed by atoms with Gasteiger partial charge in [-0.1, -0.05) is 12.1 Å². The predicted octanol–water partition coefficient (Wildman–Crippen LogP) is 2.45. The van der Waals surface area contributed by atoms with Crippen molar-refractivity contribution >= 4 is 23.0 Å². The van der Waals surface area contributed by atoms with Crippen molar-refractivity contribution in [3.05, 3.63) is 40.3 Å². The van der Waals surface area contributed by atoms with E-state index in [4.69, 9.17) is 4.74 Å². The van der Waals surface area contributed by atoms with Crippen LogP contribution in [0.3, 0.4) is 0 Å². The van der Waals surface area contributed by atoms with E-state index in [1.165, 1.54) is 4.88 Å². The Bertz CT molecular complexity index is 745. The van der Waals surface area contributed by atoms with Gasteiger partial charge in [0.05, 0.1) is 17.8 Å². The molecule has 2 aromatic rings. The highest BCUT2D eigenvalue weighted by atomic mass is 32.1. The summed E-state index contributed by atoms with van der Waals surface area (Å²) < 4.78 is 5.49. The van der Waals surface area contributed by atoms with Crippen molar-refractivity contribution < 1.29 is 4.74 Å². The molecule has 0 saturated carbocycles. The Morgan fingerprint density at radius 3 is 3.00 bits per heavy atom. The van der Waals surface area contributed by atoms with Crippen LogP contribution < -0.4 is 20.3 Å². The number of ether oxygens (including phenoxy) is 1. The normalized spacial score (nSPS) is 17.4. The first kappa shape index (κ1) is 18.5. The number of para-hydroxylation sites is 2. The number of nitrogens with one attached hydrogen (secondary N) is 2. The van der Waals surface area contributed by atoms with Gasteiger partial charge in [0.2, 0.25) is 0 Å². The van der Waals surface area contributed by atoms with Gasteiger partial charge in [-0.25, -0.2) is 4.98 Å². The Labute approximate surface area is 159 Å². The number of aryl methyl sites for hydroxylation is 1. The molecule has 0 spiro atoms. The van der Waals surface area contributed by atoms with Gasteiger partial charge in [0.25, 0.3) is 0 Å². The van der Waals surface area contributed by atoms with Crippen LogP contribution in [-0.4, -0.2) is 50.8 Å². The van der Waals surface area contributed by atoms with E-state index in [0.29, 0.717) is 6.04 Å². The topological polar surface area (TPSA) is 61.8 Å². The number of guanidine groups is 1. The molecule has 1 aromatic heterocycles. The van der Waals surface area contributed by atoms with Crippen LogP contribution in [0.15, 0.2) is 35.5 Å². The first-order chi connectivity index (χ1) is 12.7. The first-order valence-corrected chi connectivity index (χ1v) is 9.77. The monoisotopic (exact) mass is 373 g/mol. The Morgan fingerprint density at radius 2 is 2.27 bits per heavy atom. The largest absolute Gasteiger partial charge is 0.495 e. The average Bonchev–Trinajstić information content (AvgIpc) is 3.29. The number of aliphatic imine (C=N–C) groups is 1. The Hall–Kier alpha value is -2.28. The van der Waals surface area contributed by atoms with Gasteiger partial charge >= 0.3 is 0 Å². The summed E-state index contributed by atoms with van der Waals surface area (Å²) in [7, 11) is 3.54. The molecule has 7 heteroatoms. The molecule has 1 atom stereocenters. The predicted molar refractivity (Wildman–Crippen MR) is 109 cm³/mol. The van der Waals surface area contributed by atoms with Crippen molar-refractivity contribution in [2.75, 3.05) is 38.7 Å². The molecule has 1 saturated heterocycles. The Balaban J connectivity index is 1.49. The van der Waals surface area contributed by atoms with Crippen LogP contribution in [0.1, 0.15) is 16.3 Å². The fraction of sp³-hybridized carbons (Fsp3) is 0.474. The summed E-state index contributed by atoms with van der Waals surface area (Å²) in [5.74, 6) is 1.78. The minimum absolute atomic E-state index is 0.369. The van der Waals surface area contributed by atoms with Crippen molar-refractivity contribution in [3.63, 3.8) is 0 Å². The maximum absolute atomic E-state index is 5.49. The van der Waals surface area contributed by atoms with Crippen LogP contribution in [0, 0.1) is 6.92 Å². The molecule has 1 fully saturated rings. The number of benzene rings is 1. The zero-order valence-electron chi connectivity index (χ0n) is 15.7. The maximum atomic E-state index is 5.49. The highest BCUT2D eigenvalue weighted by molar-refractivity contribution is 7.11. The number of nitrogens with zero attached hydrogens (tertiary/aromatic N) is 3. The summed E-state index contributed by atoms with van der Waals surface area (Å²) >= 11 is 1.75. The lowest BCUT2D eigenvalue weighted by Crippen LogP contribution is -2.45. The third kappa shape index (κ3) is 4.66. The van der Waals surface area contributed by atoms with Crippen LogP contribution in [0.25, 0.3) is 0 Å². The van der Waals surface area contributed by atoms with Crippen molar-refractivity contribution in [1.29, 1.82) is 0 Å². The smallest absolute Gasteiger partial charge is 0.191 e. The molecule has 0 aliphatic carbocycles. The van der Waals surface area contributed by atoms with E-state index in [9.17, 15) is 0 Å². The van der Waals surface area contributed by atoms with Gasteiger partial charge in [0, 0.05) is 50.2 Å². The lowest BCUT2D eigenvalue weighted by Gasteiger charge is -2.22. The van der Waals surface area contributed by atoms with Crippen molar-refractivity contribution in [2.24, 2.45) is 4.99 Å². The second kappa shape index (κ2) is 8.89. The molecular weight excluding hydrogens is 346 g/mol. The van der Waals surface area contributed by atoms with E-state index in [2.05, 4.69) is 44.6 Å². The van der Waals surface area contributed by atoms with Crippen LogP contribution in [0.2, 0.25) is 0 Å². The zero-order valence-corrected chi connectivity index (χ0v) is 16.5.